The minimum absolute atomic E-state index is 0.104. The largest absolute Gasteiger partial charge is 0.417 e. The van der Waals surface area contributed by atoms with Gasteiger partial charge in [0.05, 0.1) is 16.3 Å². The molecule has 0 unspecified atom stereocenters. The van der Waals surface area contributed by atoms with Crippen molar-refractivity contribution in [2.75, 3.05) is 11.1 Å². The topological polar surface area (TPSA) is 67.8 Å². The number of carbonyl (C=O) groups is 1. The number of hydrogen-bond donors (Lipinski definition) is 1. The Kier molecular flexibility index (Phi) is 6.48. The van der Waals surface area contributed by atoms with E-state index in [1.807, 2.05) is 24.3 Å². The van der Waals surface area contributed by atoms with Crippen LogP contribution in [0.2, 0.25) is 5.02 Å². The molecule has 168 valence electrons. The van der Waals surface area contributed by atoms with E-state index < -0.39 is 17.6 Å². The van der Waals surface area contributed by atoms with Gasteiger partial charge < -0.3 is 5.32 Å². The average molecular weight is 493 g/mol. The third kappa shape index (κ3) is 5.23. The molecule has 1 N–H and O–H groups in total. The van der Waals surface area contributed by atoms with E-state index in [2.05, 4.69) is 20.5 Å². The number of pyridine rings is 1. The first-order valence-corrected chi connectivity index (χ1v) is 10.8. The maximum atomic E-state index is 13.3. The normalized spacial score (nSPS) is 11.5. The molecule has 33 heavy (non-hydrogen) atoms. The van der Waals surface area contributed by atoms with Crippen LogP contribution in [0.3, 0.4) is 0 Å². The summed E-state index contributed by atoms with van der Waals surface area (Å²) in [6.45, 7) is 0. The van der Waals surface area contributed by atoms with Gasteiger partial charge in [0.1, 0.15) is 16.5 Å². The summed E-state index contributed by atoms with van der Waals surface area (Å²) >= 11 is 6.93. The van der Waals surface area contributed by atoms with Crippen molar-refractivity contribution in [1.82, 2.24) is 15.2 Å². The Labute approximate surface area is 194 Å². The van der Waals surface area contributed by atoms with E-state index in [9.17, 15) is 22.4 Å². The van der Waals surface area contributed by atoms with E-state index >= 15 is 0 Å². The number of halogens is 5. The Balaban J connectivity index is 1.51. The average Bonchev–Trinajstić information content (AvgIpc) is 2.79. The van der Waals surface area contributed by atoms with E-state index in [4.69, 9.17) is 11.6 Å². The molecule has 2 aromatic carbocycles. The minimum Gasteiger partial charge on any atom is -0.309 e. The number of benzene rings is 2. The summed E-state index contributed by atoms with van der Waals surface area (Å²) in [6.07, 6.45) is -3.99. The van der Waals surface area contributed by atoms with Gasteiger partial charge in [0.15, 0.2) is 5.82 Å². The fraction of sp³-hybridized carbons (Fsp3) is 0.0909. The predicted octanol–water partition coefficient (Wildman–Crippen LogP) is 6.23. The first-order chi connectivity index (χ1) is 15.7. The van der Waals surface area contributed by atoms with E-state index in [1.165, 1.54) is 12.1 Å². The highest BCUT2D eigenvalue weighted by atomic mass is 35.5. The SMILES string of the molecule is O=C(CSc1nnc(-c2ccc(F)cc2)c2ccccc12)Nc1ncc(C(F)(F)F)cc1Cl. The van der Waals surface area contributed by atoms with Crippen LogP contribution in [-0.2, 0) is 11.0 Å². The van der Waals surface area contributed by atoms with Crippen molar-refractivity contribution in [1.29, 1.82) is 0 Å². The van der Waals surface area contributed by atoms with Crippen LogP contribution in [0.1, 0.15) is 5.56 Å². The number of thioether (sulfide) groups is 1. The Morgan fingerprint density at radius 1 is 1.03 bits per heavy atom. The first kappa shape index (κ1) is 22.9. The molecule has 0 radical (unpaired) electrons. The highest BCUT2D eigenvalue weighted by Gasteiger charge is 2.31. The van der Waals surface area contributed by atoms with Gasteiger partial charge in [-0.3, -0.25) is 4.79 Å². The second-order valence-corrected chi connectivity index (χ2v) is 8.17. The van der Waals surface area contributed by atoms with Crippen LogP contribution < -0.4 is 5.32 Å². The van der Waals surface area contributed by atoms with E-state index in [1.54, 1.807) is 12.1 Å². The molecule has 4 aromatic rings. The quantitative estimate of drug-likeness (QED) is 0.264. The van der Waals surface area contributed by atoms with Crippen molar-refractivity contribution in [3.05, 3.63) is 77.2 Å². The number of nitrogens with zero attached hydrogens (tertiary/aromatic N) is 3. The fourth-order valence-corrected chi connectivity index (χ4v) is 3.98. The molecule has 0 atom stereocenters. The summed E-state index contributed by atoms with van der Waals surface area (Å²) in [5, 5.41) is 12.5. The summed E-state index contributed by atoms with van der Waals surface area (Å²) < 4.78 is 51.5. The van der Waals surface area contributed by atoms with E-state index in [0.29, 0.717) is 28.5 Å². The summed E-state index contributed by atoms with van der Waals surface area (Å²) in [4.78, 5) is 15.9. The highest BCUT2D eigenvalue weighted by molar-refractivity contribution is 8.00. The van der Waals surface area contributed by atoms with Gasteiger partial charge in [0, 0.05) is 22.5 Å². The molecule has 2 heterocycles. The van der Waals surface area contributed by atoms with Crippen LogP contribution in [0.15, 0.2) is 65.8 Å². The maximum absolute atomic E-state index is 13.3. The van der Waals surface area contributed by atoms with E-state index in [0.717, 1.165) is 22.5 Å². The summed E-state index contributed by atoms with van der Waals surface area (Å²) in [7, 11) is 0. The molecule has 0 saturated carbocycles. The van der Waals surface area contributed by atoms with Crippen LogP contribution in [0.4, 0.5) is 23.4 Å². The van der Waals surface area contributed by atoms with Crippen molar-refractivity contribution in [2.24, 2.45) is 0 Å². The van der Waals surface area contributed by atoms with Crippen LogP contribution >= 0.6 is 23.4 Å². The number of carbonyl (C=O) groups excluding carboxylic acids is 1. The van der Waals surface area contributed by atoms with E-state index in [-0.39, 0.29) is 22.4 Å². The molecule has 2 aromatic heterocycles. The smallest absolute Gasteiger partial charge is 0.309 e. The van der Waals surface area contributed by atoms with Crippen molar-refractivity contribution < 1.29 is 22.4 Å². The van der Waals surface area contributed by atoms with Gasteiger partial charge in [-0.1, -0.05) is 47.6 Å². The maximum Gasteiger partial charge on any atom is 0.417 e. The van der Waals surface area contributed by atoms with Gasteiger partial charge in [-0.2, -0.15) is 13.2 Å². The number of hydrogen-bond acceptors (Lipinski definition) is 5. The molecule has 4 rings (SSSR count). The lowest BCUT2D eigenvalue weighted by molar-refractivity contribution is -0.137. The zero-order chi connectivity index (χ0) is 23.6. The van der Waals surface area contributed by atoms with Crippen molar-refractivity contribution in [3.8, 4) is 11.3 Å². The molecule has 0 saturated heterocycles. The summed E-state index contributed by atoms with van der Waals surface area (Å²) in [5.41, 5.74) is 0.250. The van der Waals surface area contributed by atoms with Gasteiger partial charge in [-0.15, -0.1) is 10.2 Å². The van der Waals surface area contributed by atoms with Crippen molar-refractivity contribution in [2.45, 2.75) is 11.2 Å². The summed E-state index contributed by atoms with van der Waals surface area (Å²) in [6, 6.07) is 13.9. The molecule has 11 heteroatoms. The van der Waals surface area contributed by atoms with Crippen molar-refractivity contribution >= 4 is 45.9 Å². The molecular weight excluding hydrogens is 480 g/mol. The summed E-state index contributed by atoms with van der Waals surface area (Å²) in [5.74, 6) is -1.16. The lowest BCUT2D eigenvalue weighted by atomic mass is 10.1. The van der Waals surface area contributed by atoms with Crippen LogP contribution in [0.25, 0.3) is 22.0 Å². The number of nitrogens with one attached hydrogen (secondary N) is 1. The third-order valence-electron chi connectivity index (χ3n) is 4.54. The molecule has 1 amide bonds. The molecular formula is C22H13ClF4N4OS. The minimum atomic E-state index is -4.59. The Morgan fingerprint density at radius 3 is 2.39 bits per heavy atom. The zero-order valence-electron chi connectivity index (χ0n) is 16.5. The van der Waals surface area contributed by atoms with Gasteiger partial charge in [-0.05, 0) is 30.3 Å². The molecule has 0 aliphatic heterocycles. The van der Waals surface area contributed by atoms with Gasteiger partial charge in [0.2, 0.25) is 5.91 Å². The molecule has 5 nitrogen and oxygen atoms in total. The van der Waals surface area contributed by atoms with Crippen molar-refractivity contribution in [3.63, 3.8) is 0 Å². The second kappa shape index (κ2) is 9.32. The molecule has 0 aliphatic rings. The lowest BCUT2D eigenvalue weighted by Gasteiger charge is -2.11. The van der Waals surface area contributed by atoms with Crippen LogP contribution in [0.5, 0.6) is 0 Å². The molecule has 0 fully saturated rings. The molecule has 0 spiro atoms. The predicted molar refractivity (Wildman–Crippen MR) is 119 cm³/mol. The van der Waals surface area contributed by atoms with Crippen LogP contribution in [-0.4, -0.2) is 26.8 Å². The number of rotatable bonds is 5. The zero-order valence-corrected chi connectivity index (χ0v) is 18.1. The number of alkyl halides is 3. The first-order valence-electron chi connectivity index (χ1n) is 9.39. The lowest BCUT2D eigenvalue weighted by Crippen LogP contribution is -2.16. The second-order valence-electron chi connectivity index (χ2n) is 6.80. The van der Waals surface area contributed by atoms with Gasteiger partial charge in [0.25, 0.3) is 0 Å². The van der Waals surface area contributed by atoms with Gasteiger partial charge in [-0.25, -0.2) is 9.37 Å². The number of fused-ring (bicyclic) bond motifs is 1. The van der Waals surface area contributed by atoms with Crippen LogP contribution in [0, 0.1) is 5.82 Å². The Bertz CT molecular complexity index is 1330. The fourth-order valence-electron chi connectivity index (χ4n) is 2.99. The Morgan fingerprint density at radius 2 is 1.73 bits per heavy atom. The number of aromatic nitrogens is 3. The molecule has 0 bridgehead atoms. The van der Waals surface area contributed by atoms with Gasteiger partial charge >= 0.3 is 6.18 Å². The number of anilines is 1. The monoisotopic (exact) mass is 492 g/mol. The highest BCUT2D eigenvalue weighted by Crippen LogP contribution is 2.33. The number of amides is 1. The molecule has 0 aliphatic carbocycles. The standard InChI is InChI=1S/C22H13ClF4N4OS/c23-17-9-13(22(25,26)27)10-28-20(17)29-18(32)11-33-21-16-4-2-1-3-15(16)19(30-31-21)12-5-7-14(24)8-6-12/h1-10H,11H2,(H,28,29,32). The Hall–Kier alpha value is -3.24. The third-order valence-corrected chi connectivity index (χ3v) is 5.81.